The normalized spacial score (nSPS) is 21.3. The predicted molar refractivity (Wildman–Crippen MR) is 129 cm³/mol. The van der Waals surface area contributed by atoms with Gasteiger partial charge in [0.1, 0.15) is 24.4 Å². The van der Waals surface area contributed by atoms with Crippen LogP contribution in [0, 0.1) is 0 Å². The number of nitrogen functional groups attached to an aromatic ring is 1. The summed E-state index contributed by atoms with van der Waals surface area (Å²) in [6, 6.07) is 3.75. The van der Waals surface area contributed by atoms with E-state index in [0.29, 0.717) is 41.3 Å². The second-order valence-electron chi connectivity index (χ2n) is 9.37. The standard InChI is InChI=1S/C24H25N9O3/c1-12(35)20-21(14-6-15-3-4-16(7-14)32(15)19(36)10-34)30-24-17(9-29-33(24)22(20)25)13-2-5-18(26-8-13)23-27-11-28-31-23/h2,5,8-9,11,14-16,34H,3-4,6-7,10,25H2,1H3,(H,27,28,31)/t14-,15+,16-. The van der Waals surface area contributed by atoms with Crippen LogP contribution in [0.4, 0.5) is 5.82 Å². The maximum atomic E-state index is 12.7. The highest BCUT2D eigenvalue weighted by molar-refractivity contribution is 6.00. The van der Waals surface area contributed by atoms with Gasteiger partial charge in [0.2, 0.25) is 5.91 Å². The summed E-state index contributed by atoms with van der Waals surface area (Å²) in [5.74, 6) is 0.297. The molecule has 0 unspecified atom stereocenters. The van der Waals surface area contributed by atoms with Crippen molar-refractivity contribution in [2.45, 2.75) is 50.6 Å². The summed E-state index contributed by atoms with van der Waals surface area (Å²) in [5.41, 5.74) is 10.2. The van der Waals surface area contributed by atoms with Crippen molar-refractivity contribution in [3.8, 4) is 22.6 Å². The van der Waals surface area contributed by atoms with E-state index in [1.807, 2.05) is 17.0 Å². The summed E-state index contributed by atoms with van der Waals surface area (Å²) in [5, 5.41) is 20.6. The number of amides is 1. The second-order valence-corrected chi connectivity index (χ2v) is 9.37. The Hall–Kier alpha value is -4.19. The second kappa shape index (κ2) is 8.48. The number of nitrogens with zero attached hydrogens (tertiary/aromatic N) is 7. The highest BCUT2D eigenvalue weighted by Gasteiger charge is 2.44. The lowest BCUT2D eigenvalue weighted by molar-refractivity contribution is -0.138. The van der Waals surface area contributed by atoms with Crippen LogP contribution in [0.3, 0.4) is 0 Å². The van der Waals surface area contributed by atoms with Gasteiger partial charge in [-0.05, 0) is 38.7 Å². The summed E-state index contributed by atoms with van der Waals surface area (Å²) < 4.78 is 1.50. The van der Waals surface area contributed by atoms with E-state index >= 15 is 0 Å². The minimum Gasteiger partial charge on any atom is -0.387 e. The largest absolute Gasteiger partial charge is 0.387 e. The van der Waals surface area contributed by atoms with E-state index in [1.165, 1.54) is 17.8 Å². The number of carbonyl (C=O) groups excluding carboxylic acids is 2. The average molecular weight is 488 g/mol. The van der Waals surface area contributed by atoms with Crippen molar-refractivity contribution in [1.82, 2.24) is 39.7 Å². The van der Waals surface area contributed by atoms with Gasteiger partial charge in [0.15, 0.2) is 17.3 Å². The molecule has 12 heteroatoms. The molecule has 4 aromatic heterocycles. The number of pyridine rings is 1. The first-order valence-corrected chi connectivity index (χ1v) is 11.9. The molecule has 2 fully saturated rings. The number of anilines is 1. The van der Waals surface area contributed by atoms with Gasteiger partial charge in [0, 0.05) is 35.3 Å². The molecule has 0 radical (unpaired) electrons. The van der Waals surface area contributed by atoms with Crippen LogP contribution in [0.25, 0.3) is 28.3 Å². The highest BCUT2D eigenvalue weighted by atomic mass is 16.3. The number of aliphatic hydroxyl groups excluding tert-OH is 1. The van der Waals surface area contributed by atoms with E-state index in [0.717, 1.165) is 24.0 Å². The number of piperidine rings is 1. The Labute approximate surface area is 205 Å². The first-order valence-electron chi connectivity index (χ1n) is 11.9. The van der Waals surface area contributed by atoms with Gasteiger partial charge in [-0.25, -0.2) is 9.97 Å². The van der Waals surface area contributed by atoms with Crippen molar-refractivity contribution < 1.29 is 14.7 Å². The summed E-state index contributed by atoms with van der Waals surface area (Å²) in [7, 11) is 0. The molecule has 0 aromatic carbocycles. The van der Waals surface area contributed by atoms with Gasteiger partial charge < -0.3 is 15.7 Å². The number of hydrogen-bond donors (Lipinski definition) is 3. The number of carbonyl (C=O) groups is 2. The fourth-order valence-electron chi connectivity index (χ4n) is 5.80. The molecule has 0 saturated carbocycles. The first-order chi connectivity index (χ1) is 17.5. The van der Waals surface area contributed by atoms with E-state index in [4.69, 9.17) is 10.7 Å². The monoisotopic (exact) mass is 487 g/mol. The Morgan fingerprint density at radius 1 is 1.17 bits per heavy atom. The van der Waals surface area contributed by atoms with E-state index in [2.05, 4.69) is 25.3 Å². The van der Waals surface area contributed by atoms with Crippen molar-refractivity contribution in [1.29, 1.82) is 0 Å². The quantitative estimate of drug-likeness (QED) is 0.354. The van der Waals surface area contributed by atoms with E-state index in [-0.39, 0.29) is 35.5 Å². The minimum atomic E-state index is -0.490. The summed E-state index contributed by atoms with van der Waals surface area (Å²) in [6.45, 7) is 0.994. The lowest BCUT2D eigenvalue weighted by atomic mass is 9.85. The lowest BCUT2D eigenvalue weighted by Gasteiger charge is -2.39. The van der Waals surface area contributed by atoms with Crippen LogP contribution in [-0.2, 0) is 4.79 Å². The Balaban J connectivity index is 1.42. The number of hydrogen-bond acceptors (Lipinski definition) is 9. The Bertz CT molecular complexity index is 1450. The van der Waals surface area contributed by atoms with E-state index in [1.54, 1.807) is 12.4 Å². The number of aliphatic hydroxyl groups is 1. The van der Waals surface area contributed by atoms with Crippen molar-refractivity contribution in [2.75, 3.05) is 12.3 Å². The third-order valence-corrected chi connectivity index (χ3v) is 7.32. The first kappa shape index (κ1) is 22.3. The van der Waals surface area contributed by atoms with Crippen LogP contribution >= 0.6 is 0 Å². The molecule has 36 heavy (non-hydrogen) atoms. The SMILES string of the molecule is CC(=O)c1c([C@H]2C[C@H]3CC[C@@H](C2)N3C(=O)CO)nc2c(-c3ccc(-c4nc[nH]n4)nc3)cnn2c1N. The number of nitrogens with one attached hydrogen (secondary N) is 1. The number of fused-ring (bicyclic) bond motifs is 3. The maximum absolute atomic E-state index is 12.7. The van der Waals surface area contributed by atoms with Gasteiger partial charge in [0.25, 0.3) is 0 Å². The molecule has 2 aliphatic heterocycles. The number of aromatic amines is 1. The maximum Gasteiger partial charge on any atom is 0.248 e. The van der Waals surface area contributed by atoms with Crippen molar-refractivity contribution in [3.63, 3.8) is 0 Å². The summed E-state index contributed by atoms with van der Waals surface area (Å²) in [4.78, 5) is 40.4. The number of ketones is 1. The van der Waals surface area contributed by atoms with Crippen molar-refractivity contribution in [3.05, 3.63) is 42.1 Å². The van der Waals surface area contributed by atoms with Crippen LogP contribution in [0.5, 0.6) is 0 Å². The molecule has 2 saturated heterocycles. The zero-order valence-electron chi connectivity index (χ0n) is 19.6. The van der Waals surface area contributed by atoms with Crippen LogP contribution in [-0.4, -0.2) is 75.2 Å². The molecule has 1 amide bonds. The molecule has 0 aliphatic carbocycles. The Morgan fingerprint density at radius 3 is 2.56 bits per heavy atom. The van der Waals surface area contributed by atoms with E-state index < -0.39 is 6.61 Å². The number of Topliss-reactive ketones (excluding diaryl/α,β-unsaturated/α-hetero) is 1. The third kappa shape index (κ3) is 3.44. The van der Waals surface area contributed by atoms with Crippen LogP contribution in [0.2, 0.25) is 0 Å². The third-order valence-electron chi connectivity index (χ3n) is 7.32. The molecule has 0 spiro atoms. The highest BCUT2D eigenvalue weighted by Crippen LogP contribution is 2.44. The van der Waals surface area contributed by atoms with E-state index in [9.17, 15) is 14.7 Å². The molecule has 6 rings (SSSR count). The van der Waals surface area contributed by atoms with Crippen molar-refractivity contribution >= 4 is 23.2 Å². The Kier molecular flexibility index (Phi) is 5.25. The predicted octanol–water partition coefficient (Wildman–Crippen LogP) is 1.59. The number of H-pyrrole nitrogens is 1. The molecular weight excluding hydrogens is 462 g/mol. The minimum absolute atomic E-state index is 0.0178. The van der Waals surface area contributed by atoms with Gasteiger partial charge in [0.05, 0.1) is 17.5 Å². The fourth-order valence-corrected chi connectivity index (χ4v) is 5.80. The van der Waals surface area contributed by atoms with Crippen molar-refractivity contribution in [2.24, 2.45) is 0 Å². The molecule has 12 nitrogen and oxygen atoms in total. The topological polar surface area (TPSA) is 168 Å². The van der Waals surface area contributed by atoms with Gasteiger partial charge >= 0.3 is 0 Å². The average Bonchev–Trinajstić information content (AvgIpc) is 3.62. The van der Waals surface area contributed by atoms with Gasteiger partial charge in [-0.15, -0.1) is 0 Å². The number of nitrogens with two attached hydrogens (primary N) is 1. The lowest BCUT2D eigenvalue weighted by Crippen LogP contribution is -2.47. The summed E-state index contributed by atoms with van der Waals surface area (Å²) >= 11 is 0. The zero-order chi connectivity index (χ0) is 25.0. The van der Waals surface area contributed by atoms with Crippen LogP contribution in [0.15, 0.2) is 30.9 Å². The fraction of sp³-hybridized carbons (Fsp3) is 0.375. The van der Waals surface area contributed by atoms with Crippen LogP contribution in [0.1, 0.15) is 54.6 Å². The van der Waals surface area contributed by atoms with Crippen LogP contribution < -0.4 is 5.73 Å². The molecule has 2 aliphatic rings. The Morgan fingerprint density at radius 2 is 1.94 bits per heavy atom. The van der Waals surface area contributed by atoms with Gasteiger partial charge in [-0.1, -0.05) is 6.07 Å². The molecule has 184 valence electrons. The molecule has 4 N–H and O–H groups in total. The number of aromatic nitrogens is 7. The molecular formula is C24H25N9O3. The smallest absolute Gasteiger partial charge is 0.248 e. The zero-order valence-corrected chi connectivity index (χ0v) is 19.6. The molecule has 2 bridgehead atoms. The molecule has 4 aromatic rings. The molecule has 3 atom stereocenters. The molecule has 6 heterocycles. The van der Waals surface area contributed by atoms with Gasteiger partial charge in [-0.2, -0.15) is 14.7 Å². The van der Waals surface area contributed by atoms with Gasteiger partial charge in [-0.3, -0.25) is 19.7 Å². The summed E-state index contributed by atoms with van der Waals surface area (Å²) in [6.07, 6.45) is 7.96. The number of rotatable bonds is 5.